The molecule has 0 unspecified atom stereocenters. The zero-order valence-electron chi connectivity index (χ0n) is 15.8. The van der Waals surface area contributed by atoms with Crippen LogP contribution in [-0.2, 0) is 6.54 Å². The number of halogens is 2. The molecule has 2 aliphatic rings. The highest BCUT2D eigenvalue weighted by Crippen LogP contribution is 2.38. The molecule has 1 N–H and O–H groups in total. The van der Waals surface area contributed by atoms with Crippen LogP contribution in [0.15, 0.2) is 11.0 Å². The quantitative estimate of drug-likeness (QED) is 0.882. The fraction of sp³-hybridized carbons (Fsp3) is 0.684. The molecule has 1 saturated carbocycles. The number of rotatable bonds is 4. The highest BCUT2D eigenvalue weighted by molar-refractivity contribution is 5.85. The molecule has 4 rings (SSSR count). The third-order valence-corrected chi connectivity index (χ3v) is 5.95. The molecular formula is C19H28ClFN4O. The number of nitrogens with one attached hydrogen (secondary N) is 1. The number of hydrogen-bond acceptors (Lipinski definition) is 3. The SMILES string of the molecule is CC(C)c1nn2c(=O)c(C(C)C)cn(C[C@H]3C[C@H]4C[C@@H]3CN4)c2c1F.Cl. The van der Waals surface area contributed by atoms with E-state index < -0.39 is 0 Å². The van der Waals surface area contributed by atoms with E-state index in [1.54, 1.807) is 0 Å². The average Bonchev–Trinajstić information content (AvgIpc) is 3.24. The van der Waals surface area contributed by atoms with E-state index in [1.807, 2.05) is 38.5 Å². The van der Waals surface area contributed by atoms with Crippen molar-refractivity contribution in [2.24, 2.45) is 11.8 Å². The average molecular weight is 383 g/mol. The van der Waals surface area contributed by atoms with E-state index in [4.69, 9.17) is 0 Å². The van der Waals surface area contributed by atoms with Gasteiger partial charge in [0.2, 0.25) is 0 Å². The lowest BCUT2D eigenvalue weighted by Crippen LogP contribution is -2.32. The second-order valence-electron chi connectivity index (χ2n) is 8.38. The normalized spacial score (nSPS) is 24.8. The van der Waals surface area contributed by atoms with E-state index in [2.05, 4.69) is 10.4 Å². The van der Waals surface area contributed by atoms with Gasteiger partial charge in [0.15, 0.2) is 11.5 Å². The van der Waals surface area contributed by atoms with Gasteiger partial charge in [-0.05, 0) is 37.1 Å². The van der Waals surface area contributed by atoms with Crippen molar-refractivity contribution < 1.29 is 4.39 Å². The van der Waals surface area contributed by atoms with E-state index in [0.29, 0.717) is 34.8 Å². The zero-order valence-corrected chi connectivity index (χ0v) is 16.6. The Hall–Kier alpha value is -1.40. The molecule has 3 atom stereocenters. The fourth-order valence-corrected chi connectivity index (χ4v) is 4.53. The van der Waals surface area contributed by atoms with Crippen molar-refractivity contribution in [3.05, 3.63) is 33.6 Å². The molecule has 2 bridgehead atoms. The molecule has 7 heteroatoms. The van der Waals surface area contributed by atoms with Gasteiger partial charge >= 0.3 is 0 Å². The maximum absolute atomic E-state index is 15.1. The van der Waals surface area contributed by atoms with Crippen LogP contribution in [-0.4, -0.2) is 26.8 Å². The van der Waals surface area contributed by atoms with Crippen LogP contribution >= 0.6 is 12.4 Å². The van der Waals surface area contributed by atoms with Crippen LogP contribution in [0.2, 0.25) is 0 Å². The largest absolute Gasteiger partial charge is 0.330 e. The van der Waals surface area contributed by atoms with E-state index in [0.717, 1.165) is 19.5 Å². The maximum atomic E-state index is 15.1. The van der Waals surface area contributed by atoms with E-state index in [9.17, 15) is 4.79 Å². The lowest BCUT2D eigenvalue weighted by molar-refractivity contribution is 0.311. The molecule has 2 fully saturated rings. The third-order valence-electron chi connectivity index (χ3n) is 5.95. The highest BCUT2D eigenvalue weighted by atomic mass is 35.5. The summed E-state index contributed by atoms with van der Waals surface area (Å²) in [5.41, 5.74) is 1.21. The molecule has 0 spiro atoms. The lowest BCUT2D eigenvalue weighted by atomic mass is 9.95. The Bertz CT molecular complexity index is 873. The predicted molar refractivity (Wildman–Crippen MR) is 103 cm³/mol. The molecule has 0 amide bonds. The van der Waals surface area contributed by atoms with Crippen LogP contribution in [0.3, 0.4) is 0 Å². The summed E-state index contributed by atoms with van der Waals surface area (Å²) in [7, 11) is 0. The molecule has 26 heavy (non-hydrogen) atoms. The first-order valence-corrected chi connectivity index (χ1v) is 9.41. The number of fused-ring (bicyclic) bond motifs is 3. The molecule has 1 aliphatic carbocycles. The number of aromatic nitrogens is 3. The molecule has 144 valence electrons. The van der Waals surface area contributed by atoms with Crippen molar-refractivity contribution in [2.45, 2.75) is 65.0 Å². The molecule has 2 aromatic heterocycles. The van der Waals surface area contributed by atoms with Gasteiger partial charge in [-0.1, -0.05) is 27.7 Å². The molecule has 3 heterocycles. The minimum Gasteiger partial charge on any atom is -0.330 e. The fourth-order valence-electron chi connectivity index (χ4n) is 4.53. The van der Waals surface area contributed by atoms with Gasteiger partial charge in [-0.15, -0.1) is 12.4 Å². The summed E-state index contributed by atoms with van der Waals surface area (Å²) in [6, 6.07) is 0.607. The van der Waals surface area contributed by atoms with Gasteiger partial charge in [0.1, 0.15) is 5.69 Å². The van der Waals surface area contributed by atoms with Crippen LogP contribution < -0.4 is 10.9 Å². The molecule has 2 aromatic rings. The topological polar surface area (TPSA) is 51.3 Å². The van der Waals surface area contributed by atoms with Crippen LogP contribution in [0.4, 0.5) is 4.39 Å². The Morgan fingerprint density at radius 1 is 1.27 bits per heavy atom. The number of piperidine rings is 1. The standard InChI is InChI=1S/C19H27FN4O.ClH/c1-10(2)15-9-23(8-13-6-14-5-12(13)7-21-14)18-16(20)17(11(3)4)22-24(18)19(15)25;/h9-14,21H,5-8H2,1-4H3;1H/t12-,13-,14-;/m1./s1. The van der Waals surface area contributed by atoms with Crippen molar-refractivity contribution in [1.29, 1.82) is 0 Å². The summed E-state index contributed by atoms with van der Waals surface area (Å²) in [5.74, 6) is 0.877. The molecule has 5 nitrogen and oxygen atoms in total. The smallest absolute Gasteiger partial charge is 0.277 e. The predicted octanol–water partition coefficient (Wildman–Crippen LogP) is 3.30. The van der Waals surface area contributed by atoms with Gasteiger partial charge in [0, 0.05) is 30.3 Å². The zero-order chi connectivity index (χ0) is 17.9. The van der Waals surface area contributed by atoms with Crippen LogP contribution in [0.1, 0.15) is 63.6 Å². The van der Waals surface area contributed by atoms with Crippen LogP contribution in [0, 0.1) is 17.7 Å². The Labute approximate surface area is 159 Å². The first kappa shape index (κ1) is 19.4. The summed E-state index contributed by atoms with van der Waals surface area (Å²) >= 11 is 0. The summed E-state index contributed by atoms with van der Waals surface area (Å²) in [6.45, 7) is 9.62. The van der Waals surface area contributed by atoms with Crippen molar-refractivity contribution in [2.75, 3.05) is 6.54 Å². The Morgan fingerprint density at radius 2 is 2.00 bits per heavy atom. The Balaban J connectivity index is 0.00000196. The van der Waals surface area contributed by atoms with E-state index in [-0.39, 0.29) is 35.6 Å². The van der Waals surface area contributed by atoms with Crippen molar-refractivity contribution >= 4 is 18.1 Å². The van der Waals surface area contributed by atoms with Crippen LogP contribution in [0.25, 0.3) is 5.65 Å². The third kappa shape index (κ3) is 2.97. The Kier molecular flexibility index (Phi) is 5.19. The number of nitrogens with zero attached hydrogens (tertiary/aromatic N) is 3. The van der Waals surface area contributed by atoms with Gasteiger partial charge in [-0.3, -0.25) is 4.79 Å². The van der Waals surface area contributed by atoms with Crippen molar-refractivity contribution in [3.63, 3.8) is 0 Å². The second kappa shape index (κ2) is 6.97. The maximum Gasteiger partial charge on any atom is 0.277 e. The van der Waals surface area contributed by atoms with Gasteiger partial charge < -0.3 is 9.88 Å². The van der Waals surface area contributed by atoms with Crippen molar-refractivity contribution in [3.8, 4) is 0 Å². The van der Waals surface area contributed by atoms with Gasteiger partial charge in [-0.2, -0.15) is 9.61 Å². The van der Waals surface area contributed by atoms with Crippen molar-refractivity contribution in [1.82, 2.24) is 19.5 Å². The molecule has 0 radical (unpaired) electrons. The molecular weight excluding hydrogens is 355 g/mol. The minimum absolute atomic E-state index is 0. The summed E-state index contributed by atoms with van der Waals surface area (Å²) in [5, 5.41) is 7.86. The first-order valence-electron chi connectivity index (χ1n) is 9.41. The lowest BCUT2D eigenvalue weighted by Gasteiger charge is -2.24. The van der Waals surface area contributed by atoms with E-state index in [1.165, 1.54) is 10.9 Å². The van der Waals surface area contributed by atoms with Crippen LogP contribution in [0.5, 0.6) is 0 Å². The highest BCUT2D eigenvalue weighted by Gasteiger charge is 2.39. The van der Waals surface area contributed by atoms with Gasteiger partial charge in [-0.25, -0.2) is 4.39 Å². The second-order valence-corrected chi connectivity index (χ2v) is 8.38. The van der Waals surface area contributed by atoms with Gasteiger partial charge in [0.25, 0.3) is 5.56 Å². The summed E-state index contributed by atoms with van der Waals surface area (Å²) in [6.07, 6.45) is 4.22. The number of hydrogen-bond donors (Lipinski definition) is 1. The van der Waals surface area contributed by atoms with E-state index >= 15 is 4.39 Å². The monoisotopic (exact) mass is 382 g/mol. The minimum atomic E-state index is -0.344. The van der Waals surface area contributed by atoms with Gasteiger partial charge in [0.05, 0.1) is 0 Å². The molecule has 1 aliphatic heterocycles. The molecule has 0 aromatic carbocycles. The Morgan fingerprint density at radius 3 is 2.54 bits per heavy atom. The molecule has 1 saturated heterocycles. The summed E-state index contributed by atoms with van der Waals surface area (Å²) < 4.78 is 18.3. The summed E-state index contributed by atoms with van der Waals surface area (Å²) in [4.78, 5) is 12.8. The first-order chi connectivity index (χ1) is 11.9.